The normalized spacial score (nSPS) is 13.0. The molecule has 6 nitrogen and oxygen atoms in total. The number of carbonyl (C=O) groups is 1. The minimum Gasteiger partial charge on any atom is -0.495 e. The van der Waals surface area contributed by atoms with Gasteiger partial charge < -0.3 is 9.64 Å². The number of rotatable bonds is 3. The van der Waals surface area contributed by atoms with Crippen molar-refractivity contribution >= 4 is 33.1 Å². The highest BCUT2D eigenvalue weighted by Gasteiger charge is 2.26. The first-order chi connectivity index (χ1) is 12.5. The summed E-state index contributed by atoms with van der Waals surface area (Å²) in [7, 11) is 3.29. The van der Waals surface area contributed by atoms with Gasteiger partial charge in [-0.1, -0.05) is 12.1 Å². The minimum atomic E-state index is -0.167. The first kappa shape index (κ1) is 16.8. The fourth-order valence-corrected chi connectivity index (χ4v) is 4.61. The lowest BCUT2D eigenvalue weighted by atomic mass is 10.2. The second-order valence-electron chi connectivity index (χ2n) is 6.36. The highest BCUT2D eigenvalue weighted by Crippen LogP contribution is 2.33. The number of methoxy groups -OCH3 is 1. The fourth-order valence-electron chi connectivity index (χ4n) is 3.45. The number of amides is 1. The first-order valence-corrected chi connectivity index (χ1v) is 9.28. The molecular formula is C19H19N3O3S. The van der Waals surface area contributed by atoms with Crippen LogP contribution in [0, 0.1) is 6.92 Å². The van der Waals surface area contributed by atoms with Crippen LogP contribution in [0.3, 0.4) is 0 Å². The van der Waals surface area contributed by atoms with Crippen LogP contribution in [0.2, 0.25) is 0 Å². The van der Waals surface area contributed by atoms with Gasteiger partial charge in [0.05, 0.1) is 23.1 Å². The van der Waals surface area contributed by atoms with Crippen LogP contribution in [-0.2, 0) is 13.0 Å². The van der Waals surface area contributed by atoms with Crippen LogP contribution < -0.4 is 15.2 Å². The van der Waals surface area contributed by atoms with Gasteiger partial charge in [0.2, 0.25) is 0 Å². The molecule has 4 rings (SSSR count). The van der Waals surface area contributed by atoms with Crippen LogP contribution in [0.4, 0.5) is 5.69 Å². The number of para-hydroxylation sites is 2. The topological polar surface area (TPSA) is 64.4 Å². The number of nitrogens with zero attached hydrogens (tertiary/aromatic N) is 3. The van der Waals surface area contributed by atoms with Crippen molar-refractivity contribution in [3.8, 4) is 5.75 Å². The molecule has 0 spiro atoms. The van der Waals surface area contributed by atoms with E-state index in [2.05, 4.69) is 4.98 Å². The molecule has 0 unspecified atom stereocenters. The molecule has 0 radical (unpaired) electrons. The Labute approximate surface area is 154 Å². The molecule has 3 aromatic rings. The molecule has 2 aromatic heterocycles. The van der Waals surface area contributed by atoms with Crippen molar-refractivity contribution in [2.75, 3.05) is 19.1 Å². The van der Waals surface area contributed by atoms with Crippen molar-refractivity contribution in [2.45, 2.75) is 26.3 Å². The van der Waals surface area contributed by atoms with E-state index in [0.717, 1.165) is 18.7 Å². The van der Waals surface area contributed by atoms with Crippen LogP contribution in [0.15, 0.2) is 29.1 Å². The highest BCUT2D eigenvalue weighted by atomic mass is 32.1. The van der Waals surface area contributed by atoms with Crippen molar-refractivity contribution in [3.05, 3.63) is 50.9 Å². The lowest BCUT2D eigenvalue weighted by Gasteiger charge is -2.19. The van der Waals surface area contributed by atoms with Crippen molar-refractivity contribution in [2.24, 2.45) is 0 Å². The molecule has 1 aliphatic heterocycles. The van der Waals surface area contributed by atoms with Crippen molar-refractivity contribution in [1.82, 2.24) is 9.55 Å². The Morgan fingerprint density at radius 2 is 2.12 bits per heavy atom. The van der Waals surface area contributed by atoms with Gasteiger partial charge in [0.25, 0.3) is 11.5 Å². The zero-order chi connectivity index (χ0) is 18.4. The summed E-state index contributed by atoms with van der Waals surface area (Å²) in [6.07, 6.45) is 1.76. The molecule has 134 valence electrons. The van der Waals surface area contributed by atoms with Gasteiger partial charge in [-0.25, -0.2) is 4.98 Å². The van der Waals surface area contributed by atoms with E-state index in [4.69, 9.17) is 4.74 Å². The third-order valence-electron chi connectivity index (χ3n) is 4.86. The van der Waals surface area contributed by atoms with Crippen LogP contribution in [0.5, 0.6) is 5.75 Å². The monoisotopic (exact) mass is 369 g/mol. The SMILES string of the molecule is COc1ccccc1N(C)C(=O)c1sc2nc3n(c(=O)c2c1C)CCC3. The van der Waals surface area contributed by atoms with Gasteiger partial charge in [-0.3, -0.25) is 14.2 Å². The predicted molar refractivity (Wildman–Crippen MR) is 103 cm³/mol. The maximum absolute atomic E-state index is 13.1. The van der Waals surface area contributed by atoms with Gasteiger partial charge >= 0.3 is 0 Å². The number of anilines is 1. The van der Waals surface area contributed by atoms with E-state index in [1.54, 1.807) is 23.6 Å². The maximum atomic E-state index is 13.1. The molecule has 1 aromatic carbocycles. The number of aryl methyl sites for hydroxylation is 2. The molecule has 1 amide bonds. The number of aromatic nitrogens is 2. The predicted octanol–water partition coefficient (Wildman–Crippen LogP) is 3.00. The zero-order valence-corrected chi connectivity index (χ0v) is 15.7. The molecule has 0 aliphatic carbocycles. The Balaban J connectivity index is 1.82. The number of fused-ring (bicyclic) bond motifs is 2. The number of hydrogen-bond donors (Lipinski definition) is 0. The van der Waals surface area contributed by atoms with Crippen LogP contribution in [0.25, 0.3) is 10.2 Å². The average molecular weight is 369 g/mol. The second kappa shape index (κ2) is 6.25. The van der Waals surface area contributed by atoms with Gasteiger partial charge in [-0.05, 0) is 31.0 Å². The third kappa shape index (κ3) is 2.42. The summed E-state index contributed by atoms with van der Waals surface area (Å²) < 4.78 is 7.09. The van der Waals surface area contributed by atoms with E-state index in [-0.39, 0.29) is 11.5 Å². The van der Waals surface area contributed by atoms with Crippen LogP contribution >= 0.6 is 11.3 Å². The van der Waals surface area contributed by atoms with Crippen molar-refractivity contribution in [1.29, 1.82) is 0 Å². The van der Waals surface area contributed by atoms with E-state index in [1.165, 1.54) is 11.3 Å². The van der Waals surface area contributed by atoms with Gasteiger partial charge in [-0.15, -0.1) is 11.3 Å². The summed E-state index contributed by atoms with van der Waals surface area (Å²) in [5.41, 5.74) is 1.36. The summed E-state index contributed by atoms with van der Waals surface area (Å²) in [5.74, 6) is 1.28. The minimum absolute atomic E-state index is 0.0322. The fraction of sp³-hybridized carbons (Fsp3) is 0.316. The smallest absolute Gasteiger partial charge is 0.268 e. The van der Waals surface area contributed by atoms with Crippen molar-refractivity contribution < 1.29 is 9.53 Å². The van der Waals surface area contributed by atoms with E-state index in [1.807, 2.05) is 31.2 Å². The van der Waals surface area contributed by atoms with Crippen LogP contribution in [-0.4, -0.2) is 29.6 Å². The van der Waals surface area contributed by atoms with E-state index in [0.29, 0.717) is 38.6 Å². The quantitative estimate of drug-likeness (QED) is 0.712. The molecule has 3 heterocycles. The summed E-state index contributed by atoms with van der Waals surface area (Å²) in [6.45, 7) is 2.53. The van der Waals surface area contributed by atoms with E-state index < -0.39 is 0 Å². The number of carbonyl (C=O) groups excluding carboxylic acids is 1. The lowest BCUT2D eigenvalue weighted by molar-refractivity contribution is 0.0996. The Hall–Kier alpha value is -2.67. The van der Waals surface area contributed by atoms with Gasteiger partial charge in [0.15, 0.2) is 0 Å². The van der Waals surface area contributed by atoms with E-state index in [9.17, 15) is 9.59 Å². The molecule has 1 aliphatic rings. The Morgan fingerprint density at radius 3 is 2.88 bits per heavy atom. The molecule has 0 saturated heterocycles. The standard InChI is InChI=1S/C19H19N3O3S/c1-11-15-17(20-14-9-6-10-22(14)18(15)23)26-16(11)19(24)21(2)12-7-4-5-8-13(12)25-3/h4-5,7-8H,6,9-10H2,1-3H3. The van der Waals surface area contributed by atoms with Gasteiger partial charge in [0, 0.05) is 20.0 Å². The number of hydrogen-bond acceptors (Lipinski definition) is 5. The summed E-state index contributed by atoms with van der Waals surface area (Å²) in [4.78, 5) is 33.3. The molecule has 0 bridgehead atoms. The summed E-state index contributed by atoms with van der Waals surface area (Å²) in [6, 6.07) is 7.37. The largest absolute Gasteiger partial charge is 0.495 e. The Kier molecular flexibility index (Phi) is 4.03. The molecule has 0 atom stereocenters. The average Bonchev–Trinajstić information content (AvgIpc) is 3.25. The van der Waals surface area contributed by atoms with Crippen LogP contribution in [0.1, 0.15) is 27.5 Å². The van der Waals surface area contributed by atoms with E-state index >= 15 is 0 Å². The van der Waals surface area contributed by atoms with Gasteiger partial charge in [0.1, 0.15) is 16.4 Å². The van der Waals surface area contributed by atoms with Gasteiger partial charge in [-0.2, -0.15) is 0 Å². The van der Waals surface area contributed by atoms with Crippen molar-refractivity contribution in [3.63, 3.8) is 0 Å². The number of thiophene rings is 1. The first-order valence-electron chi connectivity index (χ1n) is 8.46. The third-order valence-corrected chi connectivity index (χ3v) is 6.03. The second-order valence-corrected chi connectivity index (χ2v) is 7.36. The molecule has 0 saturated carbocycles. The molecular weight excluding hydrogens is 350 g/mol. The number of ether oxygens (including phenoxy) is 1. The lowest BCUT2D eigenvalue weighted by Crippen LogP contribution is -2.26. The summed E-state index contributed by atoms with van der Waals surface area (Å²) >= 11 is 1.29. The molecule has 0 N–H and O–H groups in total. The number of benzene rings is 1. The summed E-state index contributed by atoms with van der Waals surface area (Å²) in [5, 5.41) is 0.567. The Bertz CT molecular complexity index is 1080. The maximum Gasteiger partial charge on any atom is 0.268 e. The molecule has 7 heteroatoms. The molecule has 26 heavy (non-hydrogen) atoms. The zero-order valence-electron chi connectivity index (χ0n) is 14.9. The highest BCUT2D eigenvalue weighted by molar-refractivity contribution is 7.20. The Morgan fingerprint density at radius 1 is 1.35 bits per heavy atom. The molecule has 0 fully saturated rings.